The maximum atomic E-state index is 9.47. The van der Waals surface area contributed by atoms with E-state index in [2.05, 4.69) is 18.2 Å². The molecule has 3 aromatic rings. The van der Waals surface area contributed by atoms with Crippen LogP contribution < -0.4 is 0 Å². The first-order valence-electron chi connectivity index (χ1n) is 5.34. The molecule has 0 aliphatic heterocycles. The summed E-state index contributed by atoms with van der Waals surface area (Å²) in [6.45, 7) is 1.71. The predicted molar refractivity (Wildman–Crippen MR) is 64.4 cm³/mol. The Kier molecular flexibility index (Phi) is 1.98. The molecule has 0 aliphatic carbocycles. The minimum absolute atomic E-state index is 0.560. The van der Waals surface area contributed by atoms with E-state index in [1.54, 1.807) is 6.92 Å². The molecule has 1 heterocycles. The summed E-state index contributed by atoms with van der Waals surface area (Å²) in [4.78, 5) is 0. The van der Waals surface area contributed by atoms with Crippen molar-refractivity contribution in [3.8, 4) is 0 Å². The molecule has 80 valence electrons. The maximum Gasteiger partial charge on any atom is 0.135 e. The van der Waals surface area contributed by atoms with E-state index in [-0.39, 0.29) is 0 Å². The fourth-order valence-electron chi connectivity index (χ4n) is 1.95. The Morgan fingerprint density at radius 3 is 2.38 bits per heavy atom. The van der Waals surface area contributed by atoms with Gasteiger partial charge in [-0.25, -0.2) is 0 Å². The Morgan fingerprint density at radius 1 is 1.00 bits per heavy atom. The second kappa shape index (κ2) is 3.35. The third kappa shape index (κ3) is 1.39. The molecule has 1 aromatic heterocycles. The van der Waals surface area contributed by atoms with Gasteiger partial charge in [-0.2, -0.15) is 0 Å². The first-order chi connectivity index (χ1) is 7.74. The molecule has 0 spiro atoms. The van der Waals surface area contributed by atoms with Crippen molar-refractivity contribution >= 4 is 21.7 Å². The SMILES string of the molecule is C[C@H](O)c1cc2cc3ccccc3cc2o1. The third-order valence-corrected chi connectivity index (χ3v) is 2.82. The summed E-state index contributed by atoms with van der Waals surface area (Å²) in [5.74, 6) is 0.616. The van der Waals surface area contributed by atoms with Crippen LogP contribution in [0.25, 0.3) is 21.7 Å². The van der Waals surface area contributed by atoms with Gasteiger partial charge in [0.1, 0.15) is 17.4 Å². The van der Waals surface area contributed by atoms with Crippen molar-refractivity contribution in [3.63, 3.8) is 0 Å². The highest BCUT2D eigenvalue weighted by Gasteiger charge is 2.08. The number of rotatable bonds is 1. The average Bonchev–Trinajstić information content (AvgIpc) is 2.68. The number of aliphatic hydroxyl groups is 1. The van der Waals surface area contributed by atoms with E-state index in [4.69, 9.17) is 4.42 Å². The lowest BCUT2D eigenvalue weighted by Crippen LogP contribution is -1.85. The van der Waals surface area contributed by atoms with Gasteiger partial charge >= 0.3 is 0 Å². The average molecular weight is 212 g/mol. The van der Waals surface area contributed by atoms with E-state index < -0.39 is 6.10 Å². The van der Waals surface area contributed by atoms with E-state index in [0.717, 1.165) is 16.4 Å². The van der Waals surface area contributed by atoms with E-state index >= 15 is 0 Å². The third-order valence-electron chi connectivity index (χ3n) is 2.82. The van der Waals surface area contributed by atoms with E-state index in [9.17, 15) is 5.11 Å². The molecule has 0 radical (unpaired) electrons. The second-order valence-electron chi connectivity index (χ2n) is 4.06. The van der Waals surface area contributed by atoms with E-state index in [0.29, 0.717) is 5.76 Å². The van der Waals surface area contributed by atoms with Crippen LogP contribution in [0.4, 0.5) is 0 Å². The number of hydrogen-bond acceptors (Lipinski definition) is 2. The van der Waals surface area contributed by atoms with Gasteiger partial charge in [0, 0.05) is 5.39 Å². The molecule has 1 N–H and O–H groups in total. The molecular formula is C14H12O2. The summed E-state index contributed by atoms with van der Waals surface area (Å²) in [6.07, 6.45) is -0.560. The summed E-state index contributed by atoms with van der Waals surface area (Å²) in [5.41, 5.74) is 0.828. The van der Waals surface area contributed by atoms with Crippen molar-refractivity contribution < 1.29 is 9.52 Å². The number of aliphatic hydroxyl groups excluding tert-OH is 1. The van der Waals surface area contributed by atoms with Crippen molar-refractivity contribution in [1.82, 2.24) is 0 Å². The predicted octanol–water partition coefficient (Wildman–Crippen LogP) is 3.64. The fraction of sp³-hybridized carbons (Fsp3) is 0.143. The molecular weight excluding hydrogens is 200 g/mol. The van der Waals surface area contributed by atoms with Crippen LogP contribution in [0.15, 0.2) is 46.9 Å². The zero-order valence-electron chi connectivity index (χ0n) is 8.97. The lowest BCUT2D eigenvalue weighted by molar-refractivity contribution is 0.172. The molecule has 2 aromatic carbocycles. The number of furan rings is 1. The lowest BCUT2D eigenvalue weighted by Gasteiger charge is -1.96. The molecule has 0 bridgehead atoms. The summed E-state index contributed by atoms with van der Waals surface area (Å²) in [7, 11) is 0. The quantitative estimate of drug-likeness (QED) is 0.668. The van der Waals surface area contributed by atoms with Crippen LogP contribution in [0.1, 0.15) is 18.8 Å². The normalized spacial score (nSPS) is 13.4. The largest absolute Gasteiger partial charge is 0.458 e. The first kappa shape index (κ1) is 9.43. The highest BCUT2D eigenvalue weighted by atomic mass is 16.4. The second-order valence-corrected chi connectivity index (χ2v) is 4.06. The highest BCUT2D eigenvalue weighted by molar-refractivity contribution is 5.96. The summed E-state index contributed by atoms with van der Waals surface area (Å²) >= 11 is 0. The molecule has 0 amide bonds. The zero-order chi connectivity index (χ0) is 11.1. The monoisotopic (exact) mass is 212 g/mol. The van der Waals surface area contributed by atoms with Gasteiger partial charge < -0.3 is 9.52 Å². The summed E-state index contributed by atoms with van der Waals surface area (Å²) in [5, 5.41) is 12.8. The van der Waals surface area contributed by atoms with Gasteiger partial charge in [0.15, 0.2) is 0 Å². The minimum atomic E-state index is -0.560. The van der Waals surface area contributed by atoms with Crippen LogP contribution in [0.2, 0.25) is 0 Å². The van der Waals surface area contributed by atoms with E-state index in [1.807, 2.05) is 24.3 Å². The molecule has 0 saturated carbocycles. The fourth-order valence-corrected chi connectivity index (χ4v) is 1.95. The van der Waals surface area contributed by atoms with E-state index in [1.165, 1.54) is 5.39 Å². The van der Waals surface area contributed by atoms with Crippen LogP contribution in [0, 0.1) is 0 Å². The van der Waals surface area contributed by atoms with Gasteiger partial charge in [-0.3, -0.25) is 0 Å². The standard InChI is InChI=1S/C14H12O2/c1-9(15)13-8-12-6-10-4-2-3-5-11(10)7-14(12)16-13/h2-9,15H,1H3/t9-/m0/s1. The van der Waals surface area contributed by atoms with Gasteiger partial charge in [0.05, 0.1) is 0 Å². The smallest absolute Gasteiger partial charge is 0.135 e. The molecule has 0 fully saturated rings. The first-order valence-corrected chi connectivity index (χ1v) is 5.34. The van der Waals surface area contributed by atoms with Gasteiger partial charge in [-0.15, -0.1) is 0 Å². The van der Waals surface area contributed by atoms with Crippen molar-refractivity contribution in [3.05, 3.63) is 48.2 Å². The van der Waals surface area contributed by atoms with Crippen molar-refractivity contribution in [2.45, 2.75) is 13.0 Å². The molecule has 3 rings (SSSR count). The highest BCUT2D eigenvalue weighted by Crippen LogP contribution is 2.27. The number of fused-ring (bicyclic) bond motifs is 2. The van der Waals surface area contributed by atoms with Crippen LogP contribution >= 0.6 is 0 Å². The molecule has 0 unspecified atom stereocenters. The topological polar surface area (TPSA) is 33.4 Å². The Balaban J connectivity index is 2.34. The molecule has 2 nitrogen and oxygen atoms in total. The Hall–Kier alpha value is -1.80. The Bertz CT molecular complexity index is 597. The van der Waals surface area contributed by atoms with Crippen LogP contribution in [-0.2, 0) is 0 Å². The molecule has 0 saturated heterocycles. The van der Waals surface area contributed by atoms with Crippen LogP contribution in [0.5, 0.6) is 0 Å². The summed E-state index contributed by atoms with van der Waals surface area (Å²) < 4.78 is 5.59. The van der Waals surface area contributed by atoms with Crippen molar-refractivity contribution in [2.75, 3.05) is 0 Å². The molecule has 16 heavy (non-hydrogen) atoms. The Morgan fingerprint density at radius 2 is 1.69 bits per heavy atom. The lowest BCUT2D eigenvalue weighted by atomic mass is 10.1. The van der Waals surface area contributed by atoms with Gasteiger partial charge in [0.2, 0.25) is 0 Å². The maximum absolute atomic E-state index is 9.47. The number of benzene rings is 2. The molecule has 1 atom stereocenters. The van der Waals surface area contributed by atoms with Gasteiger partial charge in [-0.05, 0) is 35.9 Å². The zero-order valence-corrected chi connectivity index (χ0v) is 8.97. The van der Waals surface area contributed by atoms with Gasteiger partial charge in [-0.1, -0.05) is 24.3 Å². The summed E-state index contributed by atoms with van der Waals surface area (Å²) in [6, 6.07) is 14.1. The Labute approximate surface area is 93.1 Å². The van der Waals surface area contributed by atoms with Crippen molar-refractivity contribution in [2.24, 2.45) is 0 Å². The number of hydrogen-bond donors (Lipinski definition) is 1. The van der Waals surface area contributed by atoms with Crippen LogP contribution in [-0.4, -0.2) is 5.11 Å². The van der Waals surface area contributed by atoms with Gasteiger partial charge in [0.25, 0.3) is 0 Å². The minimum Gasteiger partial charge on any atom is -0.458 e. The molecule has 2 heteroatoms. The molecule has 0 aliphatic rings. The van der Waals surface area contributed by atoms with Crippen LogP contribution in [0.3, 0.4) is 0 Å². The van der Waals surface area contributed by atoms with Crippen molar-refractivity contribution in [1.29, 1.82) is 0 Å².